The molecule has 28 heavy (non-hydrogen) atoms. The van der Waals surface area contributed by atoms with Gasteiger partial charge in [0, 0.05) is 10.8 Å². The van der Waals surface area contributed by atoms with E-state index in [-0.39, 0.29) is 5.97 Å². The second-order valence-electron chi connectivity index (χ2n) is 6.42. The van der Waals surface area contributed by atoms with E-state index in [1.165, 1.54) is 0 Å². The minimum Gasteiger partial charge on any atom is -0.462 e. The van der Waals surface area contributed by atoms with Gasteiger partial charge in [0.05, 0.1) is 34.4 Å². The first kappa shape index (κ1) is 16.4. The Bertz CT molecular complexity index is 1300. The van der Waals surface area contributed by atoms with Crippen LogP contribution in [0.25, 0.3) is 38.5 Å². The fraction of sp³-hybridized carbons (Fsp3) is 0.0909. The van der Waals surface area contributed by atoms with Crippen molar-refractivity contribution in [1.82, 2.24) is 20.0 Å². The molecule has 0 spiro atoms. The lowest BCUT2D eigenvalue weighted by Gasteiger charge is -2.11. The number of aromatic nitrogens is 4. The highest BCUT2D eigenvalue weighted by Crippen LogP contribution is 2.31. The number of carbonyl (C=O) groups excluding carboxylic acids is 1. The third-order valence-corrected chi connectivity index (χ3v) is 4.73. The minimum absolute atomic E-state index is 0.327. The molecule has 0 aliphatic rings. The van der Waals surface area contributed by atoms with Crippen molar-refractivity contribution in [3.63, 3.8) is 0 Å². The Morgan fingerprint density at radius 3 is 2.29 bits per heavy atom. The minimum atomic E-state index is -0.360. The zero-order valence-corrected chi connectivity index (χ0v) is 15.2. The Morgan fingerprint density at radius 2 is 1.61 bits per heavy atom. The number of rotatable bonds is 3. The van der Waals surface area contributed by atoms with Crippen LogP contribution in [0.3, 0.4) is 0 Å². The summed E-state index contributed by atoms with van der Waals surface area (Å²) in [6.07, 6.45) is 0. The van der Waals surface area contributed by atoms with Crippen LogP contribution in [0.5, 0.6) is 0 Å². The molecule has 0 fully saturated rings. The monoisotopic (exact) mass is 368 g/mol. The number of para-hydroxylation sites is 2. The van der Waals surface area contributed by atoms with Crippen molar-refractivity contribution in [2.75, 3.05) is 6.61 Å². The molecule has 0 radical (unpaired) electrons. The molecular formula is C22H16N4O2. The van der Waals surface area contributed by atoms with Crippen LogP contribution in [0.2, 0.25) is 0 Å². The van der Waals surface area contributed by atoms with Gasteiger partial charge < -0.3 is 4.74 Å². The Kier molecular flexibility index (Phi) is 3.76. The molecule has 6 nitrogen and oxygen atoms in total. The number of benzene rings is 3. The average Bonchev–Trinajstić information content (AvgIpc) is 3.15. The fourth-order valence-electron chi connectivity index (χ4n) is 3.47. The Labute approximate surface area is 160 Å². The Morgan fingerprint density at radius 1 is 0.929 bits per heavy atom. The molecule has 3 aromatic carbocycles. The molecule has 6 heteroatoms. The van der Waals surface area contributed by atoms with Gasteiger partial charge in [0.15, 0.2) is 0 Å². The van der Waals surface area contributed by atoms with Crippen molar-refractivity contribution in [1.29, 1.82) is 0 Å². The van der Waals surface area contributed by atoms with Crippen LogP contribution in [0.15, 0.2) is 66.7 Å². The number of hydrogen-bond acceptors (Lipinski definition) is 5. The lowest BCUT2D eigenvalue weighted by molar-refractivity contribution is 0.0526. The van der Waals surface area contributed by atoms with Gasteiger partial charge in [-0.3, -0.25) is 0 Å². The van der Waals surface area contributed by atoms with Crippen LogP contribution in [0.4, 0.5) is 0 Å². The molecule has 2 aromatic heterocycles. The average molecular weight is 368 g/mol. The summed E-state index contributed by atoms with van der Waals surface area (Å²) in [7, 11) is 0. The molecule has 0 saturated carbocycles. The predicted octanol–water partition coefficient (Wildman–Crippen LogP) is 4.30. The van der Waals surface area contributed by atoms with Crippen LogP contribution >= 0.6 is 0 Å². The number of nitrogens with zero attached hydrogens (tertiary/aromatic N) is 4. The van der Waals surface area contributed by atoms with Gasteiger partial charge in [-0.1, -0.05) is 41.6 Å². The maximum atomic E-state index is 12.2. The van der Waals surface area contributed by atoms with Crippen LogP contribution in [0.1, 0.15) is 17.3 Å². The third kappa shape index (κ3) is 2.50. The van der Waals surface area contributed by atoms with Gasteiger partial charge in [-0.05, 0) is 37.3 Å². The molecule has 0 bridgehead atoms. The normalized spacial score (nSPS) is 11.3. The summed E-state index contributed by atoms with van der Waals surface area (Å²) >= 11 is 0. The first-order valence-electron chi connectivity index (χ1n) is 9.06. The van der Waals surface area contributed by atoms with Gasteiger partial charge in [0.2, 0.25) is 0 Å². The SMILES string of the molecule is CCOC(=O)c1ccc2nnn(-c3c4ccccc4nc4ccccc34)c2c1. The van der Waals surface area contributed by atoms with E-state index in [4.69, 9.17) is 9.72 Å². The van der Waals surface area contributed by atoms with Crippen LogP contribution in [-0.2, 0) is 4.74 Å². The van der Waals surface area contributed by atoms with E-state index in [1.54, 1.807) is 29.8 Å². The zero-order chi connectivity index (χ0) is 19.1. The summed E-state index contributed by atoms with van der Waals surface area (Å²) in [6, 6.07) is 21.2. The van der Waals surface area contributed by atoms with Crippen molar-refractivity contribution in [3.05, 3.63) is 72.3 Å². The Hall–Kier alpha value is -3.80. The van der Waals surface area contributed by atoms with Crippen molar-refractivity contribution in [3.8, 4) is 5.69 Å². The molecule has 2 heterocycles. The van der Waals surface area contributed by atoms with E-state index >= 15 is 0 Å². The lowest BCUT2D eigenvalue weighted by Crippen LogP contribution is -2.05. The molecule has 136 valence electrons. The highest BCUT2D eigenvalue weighted by molar-refractivity contribution is 6.04. The highest BCUT2D eigenvalue weighted by Gasteiger charge is 2.16. The van der Waals surface area contributed by atoms with E-state index in [0.717, 1.165) is 33.0 Å². The van der Waals surface area contributed by atoms with Crippen LogP contribution < -0.4 is 0 Å². The number of ether oxygens (including phenoxy) is 1. The number of hydrogen-bond donors (Lipinski definition) is 0. The zero-order valence-electron chi connectivity index (χ0n) is 15.2. The Balaban J connectivity index is 1.85. The van der Waals surface area contributed by atoms with Gasteiger partial charge in [-0.2, -0.15) is 0 Å². The lowest BCUT2D eigenvalue weighted by atomic mass is 10.1. The molecule has 5 rings (SSSR count). The van der Waals surface area contributed by atoms with Gasteiger partial charge in [-0.25, -0.2) is 14.5 Å². The van der Waals surface area contributed by atoms with E-state index in [1.807, 2.05) is 48.5 Å². The summed E-state index contributed by atoms with van der Waals surface area (Å²) in [5.41, 5.74) is 4.57. The number of esters is 1. The summed E-state index contributed by atoms with van der Waals surface area (Å²) in [6.45, 7) is 2.12. The topological polar surface area (TPSA) is 69.9 Å². The first-order valence-corrected chi connectivity index (χ1v) is 9.06. The van der Waals surface area contributed by atoms with E-state index < -0.39 is 0 Å². The largest absolute Gasteiger partial charge is 0.462 e. The molecule has 5 aromatic rings. The number of fused-ring (bicyclic) bond motifs is 3. The van der Waals surface area contributed by atoms with Gasteiger partial charge in [0.25, 0.3) is 0 Å². The van der Waals surface area contributed by atoms with Crippen molar-refractivity contribution in [2.24, 2.45) is 0 Å². The highest BCUT2D eigenvalue weighted by atomic mass is 16.5. The van der Waals surface area contributed by atoms with E-state index in [2.05, 4.69) is 10.3 Å². The molecule has 0 atom stereocenters. The fourth-order valence-corrected chi connectivity index (χ4v) is 3.47. The van der Waals surface area contributed by atoms with E-state index in [0.29, 0.717) is 17.7 Å². The molecule has 0 amide bonds. The molecule has 0 unspecified atom stereocenters. The number of carbonyl (C=O) groups is 1. The second kappa shape index (κ2) is 6.42. The van der Waals surface area contributed by atoms with Crippen LogP contribution in [-0.4, -0.2) is 32.6 Å². The standard InChI is InChI=1S/C22H16N4O2/c1-2-28-22(27)14-11-12-19-20(13-14)26(25-24-19)21-15-7-3-5-9-17(15)23-18-10-6-4-8-16(18)21/h3-13H,2H2,1H3. The molecule has 0 saturated heterocycles. The van der Waals surface area contributed by atoms with Crippen molar-refractivity contribution >= 4 is 38.8 Å². The van der Waals surface area contributed by atoms with Gasteiger partial charge in [0.1, 0.15) is 5.52 Å². The van der Waals surface area contributed by atoms with E-state index in [9.17, 15) is 4.79 Å². The predicted molar refractivity (Wildman–Crippen MR) is 108 cm³/mol. The molecule has 0 aliphatic heterocycles. The van der Waals surface area contributed by atoms with Crippen molar-refractivity contribution in [2.45, 2.75) is 6.92 Å². The van der Waals surface area contributed by atoms with Crippen molar-refractivity contribution < 1.29 is 9.53 Å². The summed E-state index contributed by atoms with van der Waals surface area (Å²) in [5.74, 6) is -0.360. The number of pyridine rings is 1. The molecule has 0 aliphatic carbocycles. The third-order valence-electron chi connectivity index (χ3n) is 4.73. The molecule has 0 N–H and O–H groups in total. The van der Waals surface area contributed by atoms with Gasteiger partial charge in [-0.15, -0.1) is 5.10 Å². The first-order chi connectivity index (χ1) is 13.8. The summed E-state index contributed by atoms with van der Waals surface area (Å²) in [4.78, 5) is 17.0. The maximum absolute atomic E-state index is 12.2. The molecular weight excluding hydrogens is 352 g/mol. The summed E-state index contributed by atoms with van der Waals surface area (Å²) < 4.78 is 6.92. The summed E-state index contributed by atoms with van der Waals surface area (Å²) in [5, 5.41) is 10.6. The second-order valence-corrected chi connectivity index (χ2v) is 6.42. The maximum Gasteiger partial charge on any atom is 0.338 e. The van der Waals surface area contributed by atoms with Gasteiger partial charge >= 0.3 is 5.97 Å². The quantitative estimate of drug-likeness (QED) is 0.351. The van der Waals surface area contributed by atoms with Crippen LogP contribution in [0, 0.1) is 0 Å². The smallest absolute Gasteiger partial charge is 0.338 e.